The molecule has 1 aromatic carbocycles. The van der Waals surface area contributed by atoms with Crippen molar-refractivity contribution in [1.29, 1.82) is 0 Å². The Kier molecular flexibility index (Phi) is 4.44. The molecule has 98 valence electrons. The Morgan fingerprint density at radius 3 is 3.11 bits per heavy atom. The van der Waals surface area contributed by atoms with Gasteiger partial charge in [0.05, 0.1) is 0 Å². The predicted molar refractivity (Wildman–Crippen MR) is 74.1 cm³/mol. The average Bonchev–Trinajstić information content (AvgIpc) is 2.78. The summed E-state index contributed by atoms with van der Waals surface area (Å²) in [6, 6.07) is 7.16. The maximum Gasteiger partial charge on any atom is 0.321 e. The number of carbonyl (C=O) groups is 1. The highest BCUT2D eigenvalue weighted by atomic mass is 35.5. The van der Waals surface area contributed by atoms with Gasteiger partial charge in [-0.15, -0.1) is 0 Å². The number of hydrogen-bond acceptors (Lipinski definition) is 2. The van der Waals surface area contributed by atoms with Crippen LogP contribution in [0.2, 0.25) is 5.02 Å². The molecule has 1 aliphatic heterocycles. The number of amides is 2. The van der Waals surface area contributed by atoms with Gasteiger partial charge in [-0.25, -0.2) is 4.79 Å². The third-order valence-corrected chi connectivity index (χ3v) is 3.38. The second-order valence-corrected chi connectivity index (χ2v) is 5.04. The Morgan fingerprint density at radius 1 is 1.56 bits per heavy atom. The maximum absolute atomic E-state index is 12.0. The van der Waals surface area contributed by atoms with Crippen molar-refractivity contribution in [3.8, 4) is 0 Å². The van der Waals surface area contributed by atoms with Crippen LogP contribution in [0.1, 0.15) is 6.42 Å². The molecule has 1 atom stereocenters. The first kappa shape index (κ1) is 13.2. The number of benzene rings is 1. The number of rotatable bonds is 3. The van der Waals surface area contributed by atoms with Gasteiger partial charge in [-0.3, -0.25) is 0 Å². The number of nitrogens with zero attached hydrogens (tertiary/aromatic N) is 1. The van der Waals surface area contributed by atoms with Crippen molar-refractivity contribution in [3.05, 3.63) is 29.3 Å². The zero-order chi connectivity index (χ0) is 13.0. The third kappa shape index (κ3) is 3.37. The third-order valence-electron chi connectivity index (χ3n) is 3.14. The zero-order valence-corrected chi connectivity index (χ0v) is 11.2. The highest BCUT2D eigenvalue weighted by molar-refractivity contribution is 6.30. The minimum absolute atomic E-state index is 0.0455. The molecular weight excluding hydrogens is 250 g/mol. The lowest BCUT2D eigenvalue weighted by molar-refractivity contribution is 0.221. The molecule has 1 aliphatic rings. The molecule has 2 N–H and O–H groups in total. The Morgan fingerprint density at radius 2 is 2.39 bits per heavy atom. The molecule has 0 radical (unpaired) electrons. The predicted octanol–water partition coefficient (Wildman–Crippen LogP) is 2.41. The molecule has 1 heterocycles. The van der Waals surface area contributed by atoms with E-state index in [0.717, 1.165) is 31.7 Å². The Balaban J connectivity index is 1.89. The number of urea groups is 1. The Hall–Kier alpha value is -1.26. The summed E-state index contributed by atoms with van der Waals surface area (Å²) in [6.07, 6.45) is 1.06. The molecule has 1 saturated heterocycles. The molecule has 0 aromatic heterocycles. The van der Waals surface area contributed by atoms with Crippen molar-refractivity contribution in [1.82, 2.24) is 10.2 Å². The largest absolute Gasteiger partial charge is 0.324 e. The summed E-state index contributed by atoms with van der Waals surface area (Å²) < 4.78 is 0. The monoisotopic (exact) mass is 267 g/mol. The maximum atomic E-state index is 12.0. The number of hydrogen-bond donors (Lipinski definition) is 2. The van der Waals surface area contributed by atoms with Crippen molar-refractivity contribution in [2.75, 3.05) is 32.0 Å². The van der Waals surface area contributed by atoms with Gasteiger partial charge in [0.2, 0.25) is 0 Å². The Bertz CT molecular complexity index is 424. The van der Waals surface area contributed by atoms with E-state index in [0.29, 0.717) is 10.9 Å². The highest BCUT2D eigenvalue weighted by Gasteiger charge is 2.25. The lowest BCUT2D eigenvalue weighted by Gasteiger charge is -2.17. The molecule has 5 heteroatoms. The van der Waals surface area contributed by atoms with E-state index in [-0.39, 0.29) is 6.03 Å². The van der Waals surface area contributed by atoms with Gasteiger partial charge in [-0.05, 0) is 44.1 Å². The van der Waals surface area contributed by atoms with Crippen LogP contribution >= 0.6 is 11.6 Å². The van der Waals surface area contributed by atoms with Crippen LogP contribution in [-0.2, 0) is 0 Å². The van der Waals surface area contributed by atoms with E-state index >= 15 is 0 Å². The van der Waals surface area contributed by atoms with Gasteiger partial charge in [-0.1, -0.05) is 17.7 Å². The highest BCUT2D eigenvalue weighted by Crippen LogP contribution is 2.19. The number of carbonyl (C=O) groups excluding carboxylic acids is 1. The first-order valence-corrected chi connectivity index (χ1v) is 6.53. The molecular formula is C13H18ClN3O. The molecule has 2 rings (SSSR count). The molecule has 1 unspecified atom stereocenters. The lowest BCUT2D eigenvalue weighted by Crippen LogP contribution is -2.33. The van der Waals surface area contributed by atoms with Gasteiger partial charge < -0.3 is 15.5 Å². The summed E-state index contributed by atoms with van der Waals surface area (Å²) >= 11 is 5.88. The summed E-state index contributed by atoms with van der Waals surface area (Å²) in [4.78, 5) is 13.9. The van der Waals surface area contributed by atoms with E-state index in [1.807, 2.05) is 24.1 Å². The van der Waals surface area contributed by atoms with Crippen molar-refractivity contribution in [3.63, 3.8) is 0 Å². The standard InChI is InChI=1S/C13H18ClN3O/c1-15-8-10-5-6-17(9-10)13(18)16-12-4-2-3-11(14)7-12/h2-4,7,10,15H,5-6,8-9H2,1H3,(H,16,18). The second kappa shape index (κ2) is 6.07. The molecule has 1 fully saturated rings. The topological polar surface area (TPSA) is 44.4 Å². The van der Waals surface area contributed by atoms with Crippen molar-refractivity contribution < 1.29 is 4.79 Å². The molecule has 0 aliphatic carbocycles. The van der Waals surface area contributed by atoms with Gasteiger partial charge in [0.15, 0.2) is 0 Å². The van der Waals surface area contributed by atoms with Crippen LogP contribution in [0, 0.1) is 5.92 Å². The van der Waals surface area contributed by atoms with E-state index in [4.69, 9.17) is 11.6 Å². The second-order valence-electron chi connectivity index (χ2n) is 4.60. The SMILES string of the molecule is CNCC1CCN(C(=O)Nc2cccc(Cl)c2)C1. The summed E-state index contributed by atoms with van der Waals surface area (Å²) in [5.74, 6) is 0.556. The van der Waals surface area contributed by atoms with E-state index in [2.05, 4.69) is 10.6 Å². The van der Waals surface area contributed by atoms with Crippen LogP contribution in [0.4, 0.5) is 10.5 Å². The number of halogens is 1. The van der Waals surface area contributed by atoms with Crippen molar-refractivity contribution in [2.24, 2.45) is 5.92 Å². The minimum atomic E-state index is -0.0455. The first-order valence-electron chi connectivity index (χ1n) is 6.15. The van der Waals surface area contributed by atoms with Crippen LogP contribution < -0.4 is 10.6 Å². The molecule has 0 bridgehead atoms. The molecule has 2 amide bonds. The van der Waals surface area contributed by atoms with E-state index in [9.17, 15) is 4.79 Å². The minimum Gasteiger partial charge on any atom is -0.324 e. The van der Waals surface area contributed by atoms with Gasteiger partial charge in [0, 0.05) is 23.8 Å². The van der Waals surface area contributed by atoms with Gasteiger partial charge in [0.25, 0.3) is 0 Å². The summed E-state index contributed by atoms with van der Waals surface area (Å²) in [6.45, 7) is 2.59. The van der Waals surface area contributed by atoms with Gasteiger partial charge in [-0.2, -0.15) is 0 Å². The normalized spacial score (nSPS) is 19.0. The summed E-state index contributed by atoms with van der Waals surface area (Å²) in [5, 5.41) is 6.65. The fourth-order valence-electron chi connectivity index (χ4n) is 2.24. The molecule has 0 saturated carbocycles. The van der Waals surface area contributed by atoms with Crippen LogP contribution in [0.5, 0.6) is 0 Å². The smallest absolute Gasteiger partial charge is 0.321 e. The van der Waals surface area contributed by atoms with Crippen LogP contribution in [-0.4, -0.2) is 37.6 Å². The first-order chi connectivity index (χ1) is 8.69. The summed E-state index contributed by atoms with van der Waals surface area (Å²) in [5.41, 5.74) is 0.740. The van der Waals surface area contributed by atoms with Crippen LogP contribution in [0.15, 0.2) is 24.3 Å². The molecule has 1 aromatic rings. The van der Waals surface area contributed by atoms with Crippen molar-refractivity contribution >= 4 is 23.3 Å². The fraction of sp³-hybridized carbons (Fsp3) is 0.462. The number of anilines is 1. The van der Waals surface area contributed by atoms with E-state index in [1.54, 1.807) is 12.1 Å². The average molecular weight is 268 g/mol. The van der Waals surface area contributed by atoms with E-state index in [1.165, 1.54) is 0 Å². The quantitative estimate of drug-likeness (QED) is 0.883. The lowest BCUT2D eigenvalue weighted by atomic mass is 10.1. The Labute approximate surface area is 112 Å². The number of nitrogens with one attached hydrogen (secondary N) is 2. The molecule has 4 nitrogen and oxygen atoms in total. The van der Waals surface area contributed by atoms with Crippen molar-refractivity contribution in [2.45, 2.75) is 6.42 Å². The summed E-state index contributed by atoms with van der Waals surface area (Å²) in [7, 11) is 1.94. The van der Waals surface area contributed by atoms with Gasteiger partial charge in [0.1, 0.15) is 0 Å². The van der Waals surface area contributed by atoms with E-state index < -0.39 is 0 Å². The van der Waals surface area contributed by atoms with Gasteiger partial charge >= 0.3 is 6.03 Å². The number of likely N-dealkylation sites (tertiary alicyclic amines) is 1. The molecule has 18 heavy (non-hydrogen) atoms. The molecule has 0 spiro atoms. The van der Waals surface area contributed by atoms with Crippen LogP contribution in [0.3, 0.4) is 0 Å². The van der Waals surface area contributed by atoms with Crippen LogP contribution in [0.25, 0.3) is 0 Å². The zero-order valence-electron chi connectivity index (χ0n) is 10.4. The fourth-order valence-corrected chi connectivity index (χ4v) is 2.43.